The zero-order chi connectivity index (χ0) is 14.2. The van der Waals surface area contributed by atoms with E-state index in [4.69, 9.17) is 16.3 Å². The summed E-state index contributed by atoms with van der Waals surface area (Å²) >= 11 is 6.07. The monoisotopic (exact) mass is 288 g/mol. The van der Waals surface area contributed by atoms with Crippen LogP contribution in [0.15, 0.2) is 48.5 Å². The molecule has 0 fully saturated rings. The van der Waals surface area contributed by atoms with Gasteiger partial charge in [0.2, 0.25) is 0 Å². The Morgan fingerprint density at radius 1 is 1.00 bits per heavy atom. The Morgan fingerprint density at radius 2 is 1.80 bits per heavy atom. The third kappa shape index (κ3) is 4.57. The molecule has 0 heterocycles. The first-order valence-electron chi connectivity index (χ1n) is 7.24. The van der Waals surface area contributed by atoms with Gasteiger partial charge in [0.1, 0.15) is 5.75 Å². The Labute approximate surface area is 126 Å². The minimum absolute atomic E-state index is 0.699. The first-order valence-corrected chi connectivity index (χ1v) is 7.62. The molecule has 0 aliphatic carbocycles. The lowest BCUT2D eigenvalue weighted by Gasteiger charge is -2.12. The van der Waals surface area contributed by atoms with Gasteiger partial charge in [-0.15, -0.1) is 0 Å². The fourth-order valence-electron chi connectivity index (χ4n) is 2.17. The standard InChI is InChI=1S/C18H21ClO/c1-2-3-9-16-14-17(19)10-11-18(16)20-13-12-15-7-5-4-6-8-15/h4-8,10-11,14H,2-3,9,12-13H2,1H3. The molecule has 0 N–H and O–H groups in total. The molecule has 0 amide bonds. The molecule has 0 aliphatic heterocycles. The van der Waals surface area contributed by atoms with Crippen molar-refractivity contribution in [3.63, 3.8) is 0 Å². The van der Waals surface area contributed by atoms with Crippen molar-refractivity contribution < 1.29 is 4.74 Å². The van der Waals surface area contributed by atoms with E-state index in [1.165, 1.54) is 17.5 Å². The van der Waals surface area contributed by atoms with Gasteiger partial charge in [0.15, 0.2) is 0 Å². The van der Waals surface area contributed by atoms with Crippen LogP contribution in [0.25, 0.3) is 0 Å². The second-order valence-electron chi connectivity index (χ2n) is 4.94. The number of rotatable bonds is 7. The van der Waals surface area contributed by atoms with Gasteiger partial charge in [0, 0.05) is 11.4 Å². The molecule has 0 aliphatic rings. The summed E-state index contributed by atoms with van der Waals surface area (Å²) in [6.07, 6.45) is 4.29. The molecule has 1 nitrogen and oxygen atoms in total. The minimum atomic E-state index is 0.699. The summed E-state index contributed by atoms with van der Waals surface area (Å²) in [5.74, 6) is 0.971. The van der Waals surface area contributed by atoms with Crippen molar-refractivity contribution in [1.29, 1.82) is 0 Å². The lowest BCUT2D eigenvalue weighted by Crippen LogP contribution is -2.03. The maximum atomic E-state index is 6.07. The quantitative estimate of drug-likeness (QED) is 0.671. The fraction of sp³-hybridized carbons (Fsp3) is 0.333. The van der Waals surface area contributed by atoms with E-state index in [1.54, 1.807) is 0 Å². The summed E-state index contributed by atoms with van der Waals surface area (Å²) in [4.78, 5) is 0. The van der Waals surface area contributed by atoms with Gasteiger partial charge in [0.25, 0.3) is 0 Å². The second kappa shape index (κ2) is 7.96. The van der Waals surface area contributed by atoms with E-state index in [2.05, 4.69) is 31.2 Å². The molecule has 0 aromatic heterocycles. The van der Waals surface area contributed by atoms with Gasteiger partial charge in [-0.05, 0) is 42.2 Å². The Bertz CT molecular complexity index is 522. The molecule has 2 aromatic carbocycles. The fourth-order valence-corrected chi connectivity index (χ4v) is 2.37. The van der Waals surface area contributed by atoms with Crippen molar-refractivity contribution in [2.45, 2.75) is 32.6 Å². The lowest BCUT2D eigenvalue weighted by atomic mass is 10.1. The van der Waals surface area contributed by atoms with Gasteiger partial charge in [0.05, 0.1) is 6.61 Å². The van der Waals surface area contributed by atoms with E-state index in [9.17, 15) is 0 Å². The number of halogens is 1. The predicted molar refractivity (Wildman–Crippen MR) is 85.7 cm³/mol. The summed E-state index contributed by atoms with van der Waals surface area (Å²) in [5.41, 5.74) is 2.52. The third-order valence-electron chi connectivity index (χ3n) is 3.31. The van der Waals surface area contributed by atoms with Gasteiger partial charge in [-0.1, -0.05) is 55.3 Å². The average molecular weight is 289 g/mol. The van der Waals surface area contributed by atoms with Crippen LogP contribution in [-0.4, -0.2) is 6.61 Å². The van der Waals surface area contributed by atoms with Gasteiger partial charge in [-0.25, -0.2) is 0 Å². The van der Waals surface area contributed by atoms with Gasteiger partial charge in [-0.2, -0.15) is 0 Å². The van der Waals surface area contributed by atoms with Crippen LogP contribution in [0.3, 0.4) is 0 Å². The number of aryl methyl sites for hydroxylation is 1. The zero-order valence-electron chi connectivity index (χ0n) is 11.9. The van der Waals surface area contributed by atoms with Crippen molar-refractivity contribution in [3.05, 3.63) is 64.7 Å². The van der Waals surface area contributed by atoms with Gasteiger partial charge >= 0.3 is 0 Å². The van der Waals surface area contributed by atoms with Crippen LogP contribution in [0.2, 0.25) is 5.02 Å². The highest BCUT2D eigenvalue weighted by molar-refractivity contribution is 6.30. The van der Waals surface area contributed by atoms with Crippen LogP contribution in [0.5, 0.6) is 5.75 Å². The van der Waals surface area contributed by atoms with E-state index in [0.717, 1.165) is 30.0 Å². The molecule has 0 unspecified atom stereocenters. The van der Waals surface area contributed by atoms with Crippen molar-refractivity contribution >= 4 is 11.6 Å². The molecule has 0 bridgehead atoms. The smallest absolute Gasteiger partial charge is 0.122 e. The highest BCUT2D eigenvalue weighted by Gasteiger charge is 2.05. The minimum Gasteiger partial charge on any atom is -0.493 e. The van der Waals surface area contributed by atoms with Crippen LogP contribution in [-0.2, 0) is 12.8 Å². The topological polar surface area (TPSA) is 9.23 Å². The molecule has 2 aromatic rings. The van der Waals surface area contributed by atoms with E-state index < -0.39 is 0 Å². The molecule has 0 atom stereocenters. The third-order valence-corrected chi connectivity index (χ3v) is 3.55. The van der Waals surface area contributed by atoms with Crippen LogP contribution in [0.4, 0.5) is 0 Å². The second-order valence-corrected chi connectivity index (χ2v) is 5.38. The molecule has 20 heavy (non-hydrogen) atoms. The highest BCUT2D eigenvalue weighted by Crippen LogP contribution is 2.24. The first-order chi connectivity index (χ1) is 9.79. The summed E-state index contributed by atoms with van der Waals surface area (Å²) in [6, 6.07) is 16.3. The van der Waals surface area contributed by atoms with E-state index in [1.807, 2.05) is 24.3 Å². The van der Waals surface area contributed by atoms with Crippen LogP contribution in [0, 0.1) is 0 Å². The average Bonchev–Trinajstić information content (AvgIpc) is 2.48. The molecule has 0 saturated carbocycles. The summed E-state index contributed by atoms with van der Waals surface area (Å²) < 4.78 is 5.93. The Kier molecular flexibility index (Phi) is 5.94. The van der Waals surface area contributed by atoms with E-state index in [0.29, 0.717) is 6.61 Å². The van der Waals surface area contributed by atoms with Crippen molar-refractivity contribution in [1.82, 2.24) is 0 Å². The molecule has 2 rings (SSSR count). The summed E-state index contributed by atoms with van der Waals surface area (Å²) in [6.45, 7) is 2.89. The first kappa shape index (κ1) is 14.9. The number of hydrogen-bond donors (Lipinski definition) is 0. The van der Waals surface area contributed by atoms with Crippen LogP contribution >= 0.6 is 11.6 Å². The number of hydrogen-bond acceptors (Lipinski definition) is 1. The van der Waals surface area contributed by atoms with Gasteiger partial charge < -0.3 is 4.74 Å². The number of ether oxygens (including phenoxy) is 1. The van der Waals surface area contributed by atoms with Crippen molar-refractivity contribution in [2.24, 2.45) is 0 Å². The largest absolute Gasteiger partial charge is 0.493 e. The number of unbranched alkanes of at least 4 members (excludes halogenated alkanes) is 1. The maximum Gasteiger partial charge on any atom is 0.122 e. The zero-order valence-corrected chi connectivity index (χ0v) is 12.7. The van der Waals surface area contributed by atoms with Crippen LogP contribution < -0.4 is 4.74 Å². The molecule has 106 valence electrons. The summed E-state index contributed by atoms with van der Waals surface area (Å²) in [5, 5.41) is 0.784. The van der Waals surface area contributed by atoms with Crippen molar-refractivity contribution in [2.75, 3.05) is 6.61 Å². The van der Waals surface area contributed by atoms with E-state index >= 15 is 0 Å². The Morgan fingerprint density at radius 3 is 2.55 bits per heavy atom. The normalized spacial score (nSPS) is 10.5. The SMILES string of the molecule is CCCCc1cc(Cl)ccc1OCCc1ccccc1. The maximum absolute atomic E-state index is 6.07. The van der Waals surface area contributed by atoms with Crippen molar-refractivity contribution in [3.8, 4) is 5.75 Å². The molecule has 0 radical (unpaired) electrons. The predicted octanol–water partition coefficient (Wildman–Crippen LogP) is 5.30. The number of benzene rings is 2. The molecular weight excluding hydrogens is 268 g/mol. The highest BCUT2D eigenvalue weighted by atomic mass is 35.5. The molecular formula is C18H21ClO. The molecule has 0 spiro atoms. The Balaban J connectivity index is 1.94. The molecule has 0 saturated heterocycles. The summed E-state index contributed by atoms with van der Waals surface area (Å²) in [7, 11) is 0. The molecule has 2 heteroatoms. The van der Waals surface area contributed by atoms with Crippen LogP contribution in [0.1, 0.15) is 30.9 Å². The van der Waals surface area contributed by atoms with E-state index in [-0.39, 0.29) is 0 Å². The Hall–Kier alpha value is -1.47. The van der Waals surface area contributed by atoms with Gasteiger partial charge in [-0.3, -0.25) is 0 Å². The lowest BCUT2D eigenvalue weighted by molar-refractivity contribution is 0.318.